The van der Waals surface area contributed by atoms with Crippen LogP contribution in [0, 0.1) is 5.92 Å². The van der Waals surface area contributed by atoms with Gasteiger partial charge in [0.1, 0.15) is 0 Å². The SMILES string of the molecule is COCC(CCCNC1CC1)CNC(C)(C)C. The second kappa shape index (κ2) is 7.34. The summed E-state index contributed by atoms with van der Waals surface area (Å²) in [6, 6.07) is 0.837. The summed E-state index contributed by atoms with van der Waals surface area (Å²) < 4.78 is 5.30. The molecule has 3 nitrogen and oxygen atoms in total. The average molecular weight is 242 g/mol. The largest absolute Gasteiger partial charge is 0.384 e. The van der Waals surface area contributed by atoms with Crippen molar-refractivity contribution in [2.45, 2.75) is 58.0 Å². The fraction of sp³-hybridized carbons (Fsp3) is 1.00. The molecule has 0 radical (unpaired) electrons. The van der Waals surface area contributed by atoms with Gasteiger partial charge in [-0.25, -0.2) is 0 Å². The fourth-order valence-corrected chi connectivity index (χ4v) is 1.91. The molecule has 3 heteroatoms. The van der Waals surface area contributed by atoms with E-state index in [1.807, 2.05) is 0 Å². The summed E-state index contributed by atoms with van der Waals surface area (Å²) in [6.45, 7) is 9.73. The molecule has 17 heavy (non-hydrogen) atoms. The lowest BCUT2D eigenvalue weighted by Crippen LogP contribution is -2.40. The zero-order valence-electron chi connectivity index (χ0n) is 12.0. The molecule has 1 saturated carbocycles. The van der Waals surface area contributed by atoms with Gasteiger partial charge < -0.3 is 15.4 Å². The maximum absolute atomic E-state index is 5.30. The van der Waals surface area contributed by atoms with E-state index in [1.165, 1.54) is 32.2 Å². The summed E-state index contributed by atoms with van der Waals surface area (Å²) >= 11 is 0. The van der Waals surface area contributed by atoms with E-state index in [2.05, 4.69) is 31.4 Å². The van der Waals surface area contributed by atoms with E-state index in [9.17, 15) is 0 Å². The molecule has 0 aromatic heterocycles. The van der Waals surface area contributed by atoms with Crippen molar-refractivity contribution in [2.24, 2.45) is 5.92 Å². The van der Waals surface area contributed by atoms with Crippen LogP contribution in [0.25, 0.3) is 0 Å². The molecule has 0 saturated heterocycles. The Bertz CT molecular complexity index is 197. The summed E-state index contributed by atoms with van der Waals surface area (Å²) in [7, 11) is 1.80. The third-order valence-corrected chi connectivity index (χ3v) is 3.12. The van der Waals surface area contributed by atoms with Gasteiger partial charge in [0, 0.05) is 25.2 Å². The van der Waals surface area contributed by atoms with Crippen molar-refractivity contribution >= 4 is 0 Å². The van der Waals surface area contributed by atoms with E-state index in [1.54, 1.807) is 7.11 Å². The Kier molecular flexibility index (Phi) is 6.45. The molecule has 2 N–H and O–H groups in total. The van der Waals surface area contributed by atoms with Gasteiger partial charge in [-0.3, -0.25) is 0 Å². The Labute approximate surface area is 107 Å². The first-order chi connectivity index (χ1) is 8.01. The standard InChI is InChI=1S/C14H30N2O/c1-14(2,3)16-10-12(11-17-4)6-5-9-15-13-7-8-13/h12-13,15-16H,5-11H2,1-4H3. The van der Waals surface area contributed by atoms with E-state index < -0.39 is 0 Å². The zero-order chi connectivity index (χ0) is 12.7. The summed E-state index contributed by atoms with van der Waals surface area (Å²) in [5.41, 5.74) is 0.207. The van der Waals surface area contributed by atoms with Crippen LogP contribution >= 0.6 is 0 Å². The van der Waals surface area contributed by atoms with Crippen LogP contribution in [-0.2, 0) is 4.74 Å². The molecule has 0 heterocycles. The second-order valence-corrected chi connectivity index (χ2v) is 6.32. The Morgan fingerprint density at radius 1 is 1.29 bits per heavy atom. The van der Waals surface area contributed by atoms with Gasteiger partial charge in [0.2, 0.25) is 0 Å². The first kappa shape index (κ1) is 14.9. The highest BCUT2D eigenvalue weighted by Gasteiger charge is 2.20. The molecular weight excluding hydrogens is 212 g/mol. The van der Waals surface area contributed by atoms with Gasteiger partial charge in [-0.15, -0.1) is 0 Å². The second-order valence-electron chi connectivity index (χ2n) is 6.32. The molecule has 1 aliphatic rings. The van der Waals surface area contributed by atoms with Gasteiger partial charge in [-0.1, -0.05) is 0 Å². The predicted molar refractivity (Wildman–Crippen MR) is 73.4 cm³/mol. The minimum absolute atomic E-state index is 0.207. The number of ether oxygens (including phenoxy) is 1. The van der Waals surface area contributed by atoms with E-state index >= 15 is 0 Å². The van der Waals surface area contributed by atoms with E-state index in [-0.39, 0.29) is 5.54 Å². The molecule has 0 aromatic rings. The summed E-state index contributed by atoms with van der Waals surface area (Å²) in [4.78, 5) is 0. The Hall–Kier alpha value is -0.120. The Morgan fingerprint density at radius 3 is 2.53 bits per heavy atom. The van der Waals surface area contributed by atoms with Crippen LogP contribution in [0.5, 0.6) is 0 Å². The molecule has 0 aliphatic heterocycles. The van der Waals surface area contributed by atoms with E-state index in [0.717, 1.165) is 19.2 Å². The molecule has 0 amide bonds. The van der Waals surface area contributed by atoms with Crippen LogP contribution in [0.15, 0.2) is 0 Å². The van der Waals surface area contributed by atoms with Crippen LogP contribution in [0.3, 0.4) is 0 Å². The molecule has 1 unspecified atom stereocenters. The van der Waals surface area contributed by atoms with Gasteiger partial charge in [-0.05, 0) is 58.9 Å². The summed E-state index contributed by atoms with van der Waals surface area (Å²) in [5.74, 6) is 0.639. The first-order valence-corrected chi connectivity index (χ1v) is 6.98. The molecule has 0 bridgehead atoms. The van der Waals surface area contributed by atoms with Crippen LogP contribution in [0.2, 0.25) is 0 Å². The van der Waals surface area contributed by atoms with E-state index in [0.29, 0.717) is 5.92 Å². The number of rotatable bonds is 9. The number of hydrogen-bond donors (Lipinski definition) is 2. The lowest BCUT2D eigenvalue weighted by atomic mass is 10.0. The number of methoxy groups -OCH3 is 1. The van der Waals surface area contributed by atoms with Gasteiger partial charge in [0.05, 0.1) is 6.61 Å². The molecule has 1 atom stereocenters. The molecule has 1 rings (SSSR count). The number of hydrogen-bond acceptors (Lipinski definition) is 3. The third kappa shape index (κ3) is 8.58. The van der Waals surface area contributed by atoms with Gasteiger partial charge in [0.15, 0.2) is 0 Å². The van der Waals surface area contributed by atoms with Crippen molar-refractivity contribution in [2.75, 3.05) is 26.8 Å². The highest BCUT2D eigenvalue weighted by molar-refractivity contribution is 4.80. The first-order valence-electron chi connectivity index (χ1n) is 6.98. The van der Waals surface area contributed by atoms with Crippen molar-refractivity contribution in [3.8, 4) is 0 Å². The summed E-state index contributed by atoms with van der Waals surface area (Å²) in [6.07, 6.45) is 5.27. The fourth-order valence-electron chi connectivity index (χ4n) is 1.91. The maximum Gasteiger partial charge on any atom is 0.0502 e. The van der Waals surface area contributed by atoms with Crippen LogP contribution in [0.1, 0.15) is 46.5 Å². The molecule has 1 aliphatic carbocycles. The van der Waals surface area contributed by atoms with Crippen LogP contribution in [0.4, 0.5) is 0 Å². The topological polar surface area (TPSA) is 33.3 Å². The van der Waals surface area contributed by atoms with Crippen molar-refractivity contribution in [1.82, 2.24) is 10.6 Å². The Balaban J connectivity index is 2.07. The van der Waals surface area contributed by atoms with Crippen LogP contribution in [-0.4, -0.2) is 38.4 Å². The average Bonchev–Trinajstić information content (AvgIpc) is 3.03. The van der Waals surface area contributed by atoms with Gasteiger partial charge in [-0.2, -0.15) is 0 Å². The van der Waals surface area contributed by atoms with Gasteiger partial charge >= 0.3 is 0 Å². The van der Waals surface area contributed by atoms with Crippen molar-refractivity contribution in [3.05, 3.63) is 0 Å². The van der Waals surface area contributed by atoms with Crippen molar-refractivity contribution < 1.29 is 4.74 Å². The predicted octanol–water partition coefficient (Wildman–Crippen LogP) is 2.17. The Morgan fingerprint density at radius 2 is 2.00 bits per heavy atom. The molecule has 0 aromatic carbocycles. The minimum Gasteiger partial charge on any atom is -0.384 e. The maximum atomic E-state index is 5.30. The lowest BCUT2D eigenvalue weighted by Gasteiger charge is -2.25. The zero-order valence-corrected chi connectivity index (χ0v) is 12.0. The smallest absolute Gasteiger partial charge is 0.0502 e. The highest BCUT2D eigenvalue weighted by Crippen LogP contribution is 2.18. The van der Waals surface area contributed by atoms with Crippen molar-refractivity contribution in [3.63, 3.8) is 0 Å². The quantitative estimate of drug-likeness (QED) is 0.608. The van der Waals surface area contributed by atoms with E-state index in [4.69, 9.17) is 4.74 Å². The molecule has 102 valence electrons. The monoisotopic (exact) mass is 242 g/mol. The summed E-state index contributed by atoms with van der Waals surface area (Å²) in [5, 5.41) is 7.13. The lowest BCUT2D eigenvalue weighted by molar-refractivity contribution is 0.141. The van der Waals surface area contributed by atoms with Crippen LogP contribution < -0.4 is 10.6 Å². The molecule has 1 fully saturated rings. The highest BCUT2D eigenvalue weighted by atomic mass is 16.5. The normalized spacial score (nSPS) is 18.4. The third-order valence-electron chi connectivity index (χ3n) is 3.12. The minimum atomic E-state index is 0.207. The molecule has 0 spiro atoms. The van der Waals surface area contributed by atoms with Crippen molar-refractivity contribution in [1.29, 1.82) is 0 Å². The number of nitrogens with one attached hydrogen (secondary N) is 2. The molecular formula is C14H30N2O. The van der Waals surface area contributed by atoms with Gasteiger partial charge in [0.25, 0.3) is 0 Å².